The number of hydrogen-bond donors (Lipinski definition) is 1. The molecule has 0 saturated carbocycles. The van der Waals surface area contributed by atoms with Crippen LogP contribution in [0.15, 0.2) is 0 Å². The minimum absolute atomic E-state index is 0.265. The molecular weight excluding hydrogens is 230 g/mol. The summed E-state index contributed by atoms with van der Waals surface area (Å²) in [5.41, 5.74) is 0. The molecule has 0 radical (unpaired) electrons. The van der Waals surface area contributed by atoms with E-state index in [1.807, 2.05) is 13.8 Å². The van der Waals surface area contributed by atoms with Crippen molar-refractivity contribution in [3.63, 3.8) is 0 Å². The summed E-state index contributed by atoms with van der Waals surface area (Å²) in [6, 6.07) is 0. The van der Waals surface area contributed by atoms with Crippen LogP contribution in [-0.2, 0) is 14.3 Å². The van der Waals surface area contributed by atoms with Gasteiger partial charge in [-0.3, -0.25) is 14.9 Å². The molecule has 0 saturated heterocycles. The Hall–Kier alpha value is -1.50. The number of aliphatic carboxylic acids is 1. The number of rotatable bonds is 9. The number of nitrogens with zero attached hydrogens (tertiary/aromatic N) is 1. The van der Waals surface area contributed by atoms with Gasteiger partial charge >= 0.3 is 5.97 Å². The summed E-state index contributed by atoms with van der Waals surface area (Å²) in [7, 11) is 0. The smallest absolute Gasteiger partial charge is 0.316 e. The Bertz CT molecular complexity index is 276. The SMILES string of the molecule is CCC(CC)O[C@H](C=O)[C@@H](C[N+](=O)[O-])C(=O)O. The fourth-order valence-corrected chi connectivity index (χ4v) is 1.41. The summed E-state index contributed by atoms with van der Waals surface area (Å²) >= 11 is 0. The normalized spacial score (nSPS) is 14.3. The van der Waals surface area contributed by atoms with Gasteiger partial charge in [0, 0.05) is 4.92 Å². The van der Waals surface area contributed by atoms with Gasteiger partial charge in [-0.1, -0.05) is 13.8 Å². The van der Waals surface area contributed by atoms with Crippen LogP contribution in [0.4, 0.5) is 0 Å². The topological polar surface area (TPSA) is 107 Å². The minimum Gasteiger partial charge on any atom is -0.481 e. The number of aldehydes is 1. The van der Waals surface area contributed by atoms with Gasteiger partial charge in [0.25, 0.3) is 0 Å². The average Bonchev–Trinajstić information content (AvgIpc) is 2.28. The summed E-state index contributed by atoms with van der Waals surface area (Å²) in [4.78, 5) is 31.2. The van der Waals surface area contributed by atoms with Gasteiger partial charge in [-0.05, 0) is 12.8 Å². The van der Waals surface area contributed by atoms with E-state index in [9.17, 15) is 19.7 Å². The van der Waals surface area contributed by atoms with Crippen molar-refractivity contribution in [1.82, 2.24) is 0 Å². The van der Waals surface area contributed by atoms with Crippen LogP contribution in [-0.4, -0.2) is 41.0 Å². The van der Waals surface area contributed by atoms with Gasteiger partial charge in [0.05, 0.1) is 6.10 Å². The van der Waals surface area contributed by atoms with Crippen molar-refractivity contribution in [3.8, 4) is 0 Å². The minimum atomic E-state index is -1.44. The van der Waals surface area contributed by atoms with Crippen LogP contribution in [0.5, 0.6) is 0 Å². The first-order valence-corrected chi connectivity index (χ1v) is 5.41. The van der Waals surface area contributed by atoms with Crippen molar-refractivity contribution in [1.29, 1.82) is 0 Å². The molecule has 0 fully saturated rings. The number of carbonyl (C=O) groups excluding carboxylic acids is 1. The lowest BCUT2D eigenvalue weighted by Gasteiger charge is -2.22. The van der Waals surface area contributed by atoms with E-state index in [2.05, 4.69) is 0 Å². The monoisotopic (exact) mass is 247 g/mol. The second-order valence-corrected chi connectivity index (χ2v) is 3.64. The highest BCUT2D eigenvalue weighted by molar-refractivity contribution is 5.76. The molecular formula is C10H17NO6. The van der Waals surface area contributed by atoms with E-state index in [4.69, 9.17) is 9.84 Å². The van der Waals surface area contributed by atoms with Crippen LogP contribution in [0, 0.1) is 16.0 Å². The van der Waals surface area contributed by atoms with Crippen molar-refractivity contribution in [2.24, 2.45) is 5.92 Å². The van der Waals surface area contributed by atoms with Gasteiger partial charge in [0.2, 0.25) is 6.54 Å². The predicted molar refractivity (Wildman–Crippen MR) is 58.3 cm³/mol. The first-order valence-electron chi connectivity index (χ1n) is 5.41. The Morgan fingerprint density at radius 2 is 2.00 bits per heavy atom. The fraction of sp³-hybridized carbons (Fsp3) is 0.800. The second-order valence-electron chi connectivity index (χ2n) is 3.64. The van der Waals surface area contributed by atoms with Crippen LogP contribution in [0.1, 0.15) is 26.7 Å². The van der Waals surface area contributed by atoms with Crippen LogP contribution < -0.4 is 0 Å². The first-order chi connectivity index (χ1) is 7.96. The van der Waals surface area contributed by atoms with E-state index in [0.29, 0.717) is 19.1 Å². The molecule has 0 spiro atoms. The maximum absolute atomic E-state index is 10.9. The van der Waals surface area contributed by atoms with E-state index >= 15 is 0 Å². The Morgan fingerprint density at radius 3 is 2.29 bits per heavy atom. The highest BCUT2D eigenvalue weighted by atomic mass is 16.6. The van der Waals surface area contributed by atoms with Crippen LogP contribution in [0.2, 0.25) is 0 Å². The predicted octanol–water partition coefficient (Wildman–Crippen LogP) is 0.737. The van der Waals surface area contributed by atoms with Crippen LogP contribution in [0.25, 0.3) is 0 Å². The number of ether oxygens (including phenoxy) is 1. The third kappa shape index (κ3) is 5.39. The molecule has 98 valence electrons. The molecule has 0 heterocycles. The molecule has 0 aromatic rings. The lowest BCUT2D eigenvalue weighted by atomic mass is 10.0. The zero-order valence-electron chi connectivity index (χ0n) is 9.87. The Balaban J connectivity index is 4.71. The maximum Gasteiger partial charge on any atom is 0.316 e. The Labute approximate surface area is 98.9 Å². The van der Waals surface area contributed by atoms with Crippen molar-refractivity contribution in [3.05, 3.63) is 10.1 Å². The number of carboxylic acids is 1. The van der Waals surface area contributed by atoms with Crippen molar-refractivity contribution >= 4 is 12.3 Å². The zero-order valence-corrected chi connectivity index (χ0v) is 9.87. The summed E-state index contributed by atoms with van der Waals surface area (Å²) in [5, 5.41) is 19.2. The molecule has 2 atom stereocenters. The highest BCUT2D eigenvalue weighted by Gasteiger charge is 2.34. The molecule has 0 aliphatic rings. The summed E-state index contributed by atoms with van der Waals surface area (Å²) in [6.45, 7) is 2.84. The lowest BCUT2D eigenvalue weighted by molar-refractivity contribution is -0.487. The third-order valence-electron chi connectivity index (χ3n) is 2.45. The molecule has 17 heavy (non-hydrogen) atoms. The highest BCUT2D eigenvalue weighted by Crippen LogP contribution is 2.13. The quantitative estimate of drug-likeness (QED) is 0.366. The van der Waals surface area contributed by atoms with Gasteiger partial charge in [0.15, 0.2) is 5.92 Å². The second kappa shape index (κ2) is 7.72. The molecule has 0 unspecified atom stereocenters. The third-order valence-corrected chi connectivity index (χ3v) is 2.45. The zero-order chi connectivity index (χ0) is 13.4. The summed E-state index contributed by atoms with van der Waals surface area (Å²) in [5.74, 6) is -2.84. The molecule has 0 amide bonds. The van der Waals surface area contributed by atoms with E-state index in [1.165, 1.54) is 0 Å². The molecule has 7 nitrogen and oxygen atoms in total. The maximum atomic E-state index is 10.9. The Morgan fingerprint density at radius 1 is 1.47 bits per heavy atom. The standard InChI is InChI=1S/C10H17NO6/c1-3-7(4-2)17-9(6-12)8(10(13)14)5-11(15)16/h6-9H,3-5H2,1-2H3,(H,13,14)/t8-,9-/m1/s1. The average molecular weight is 247 g/mol. The van der Waals surface area contributed by atoms with Crippen LogP contribution >= 0.6 is 0 Å². The summed E-state index contributed by atoms with van der Waals surface area (Å²) < 4.78 is 5.27. The van der Waals surface area contributed by atoms with Crippen molar-refractivity contribution < 1.29 is 24.4 Å². The molecule has 7 heteroatoms. The first kappa shape index (κ1) is 15.5. The van der Waals surface area contributed by atoms with Crippen LogP contribution in [0.3, 0.4) is 0 Å². The van der Waals surface area contributed by atoms with E-state index in [-0.39, 0.29) is 6.10 Å². The molecule has 0 aromatic carbocycles. The molecule has 0 rings (SSSR count). The fourth-order valence-electron chi connectivity index (χ4n) is 1.41. The van der Waals surface area contributed by atoms with Gasteiger partial charge < -0.3 is 14.6 Å². The van der Waals surface area contributed by atoms with E-state index < -0.39 is 29.5 Å². The van der Waals surface area contributed by atoms with Gasteiger partial charge in [-0.15, -0.1) is 0 Å². The van der Waals surface area contributed by atoms with E-state index in [1.54, 1.807) is 0 Å². The number of carboxylic acid groups (broad SMARTS) is 1. The largest absolute Gasteiger partial charge is 0.481 e. The molecule has 0 aliphatic heterocycles. The number of nitro groups is 1. The number of carbonyl (C=O) groups is 2. The van der Waals surface area contributed by atoms with Crippen molar-refractivity contribution in [2.45, 2.75) is 38.9 Å². The molecule has 0 bridgehead atoms. The van der Waals surface area contributed by atoms with E-state index in [0.717, 1.165) is 0 Å². The lowest BCUT2D eigenvalue weighted by Crippen LogP contribution is -2.39. The van der Waals surface area contributed by atoms with Gasteiger partial charge in [-0.25, -0.2) is 0 Å². The molecule has 0 aromatic heterocycles. The molecule has 1 N–H and O–H groups in total. The van der Waals surface area contributed by atoms with Gasteiger partial charge in [0.1, 0.15) is 12.4 Å². The Kier molecular flexibility index (Phi) is 7.04. The van der Waals surface area contributed by atoms with Crippen molar-refractivity contribution in [2.75, 3.05) is 6.54 Å². The number of hydrogen-bond acceptors (Lipinski definition) is 5. The summed E-state index contributed by atoms with van der Waals surface area (Å²) in [6.07, 6.45) is 0.0133. The molecule has 0 aliphatic carbocycles. The van der Waals surface area contributed by atoms with Gasteiger partial charge in [-0.2, -0.15) is 0 Å².